The molecule has 4 rings (SSSR count). The van der Waals surface area contributed by atoms with Crippen LogP contribution >= 0.6 is 11.6 Å². The SMILES string of the molecule is C[C@H](Nc1nc(N)nc(N)c1C(N)=O)c1nc2cccc(Cl)c2c(=O)n1-c1ccccc1. The molecule has 1 amide bonds. The van der Waals surface area contributed by atoms with Crippen LogP contribution in [0, 0.1) is 0 Å². The zero-order valence-electron chi connectivity index (χ0n) is 16.9. The van der Waals surface area contributed by atoms with Crippen molar-refractivity contribution in [3.05, 3.63) is 75.3 Å². The third kappa shape index (κ3) is 3.67. The van der Waals surface area contributed by atoms with Crippen LogP contribution in [0.1, 0.15) is 29.1 Å². The molecule has 0 aliphatic carbocycles. The van der Waals surface area contributed by atoms with E-state index in [1.807, 2.05) is 6.07 Å². The van der Waals surface area contributed by atoms with E-state index >= 15 is 0 Å². The van der Waals surface area contributed by atoms with Crippen molar-refractivity contribution in [2.24, 2.45) is 5.73 Å². The van der Waals surface area contributed by atoms with Gasteiger partial charge in [-0.15, -0.1) is 0 Å². The molecule has 0 bridgehead atoms. The van der Waals surface area contributed by atoms with E-state index in [1.165, 1.54) is 4.57 Å². The van der Waals surface area contributed by atoms with Crippen LogP contribution < -0.4 is 28.1 Å². The number of hydrogen-bond acceptors (Lipinski definition) is 8. The number of nitrogens with one attached hydrogen (secondary N) is 1. The van der Waals surface area contributed by atoms with Gasteiger partial charge in [0.1, 0.15) is 23.0 Å². The first-order valence-electron chi connectivity index (χ1n) is 9.54. The number of nitrogens with two attached hydrogens (primary N) is 3. The van der Waals surface area contributed by atoms with Crippen LogP contribution in [0.25, 0.3) is 16.6 Å². The highest BCUT2D eigenvalue weighted by Gasteiger charge is 2.23. The van der Waals surface area contributed by atoms with E-state index in [9.17, 15) is 9.59 Å². The van der Waals surface area contributed by atoms with Crippen molar-refractivity contribution in [1.82, 2.24) is 19.5 Å². The average molecular weight is 451 g/mol. The summed E-state index contributed by atoms with van der Waals surface area (Å²) in [6.45, 7) is 1.75. The Balaban J connectivity index is 1.94. The van der Waals surface area contributed by atoms with E-state index in [4.69, 9.17) is 28.8 Å². The normalized spacial score (nSPS) is 11.9. The summed E-state index contributed by atoms with van der Waals surface area (Å²) in [6, 6.07) is 13.4. The number of para-hydroxylation sites is 1. The van der Waals surface area contributed by atoms with Gasteiger partial charge in [-0.1, -0.05) is 35.9 Å². The lowest BCUT2D eigenvalue weighted by Crippen LogP contribution is -2.28. The van der Waals surface area contributed by atoms with Gasteiger partial charge in [0.2, 0.25) is 5.95 Å². The number of benzene rings is 2. The van der Waals surface area contributed by atoms with Crippen LogP contribution in [0.5, 0.6) is 0 Å². The van der Waals surface area contributed by atoms with Gasteiger partial charge in [-0.05, 0) is 31.2 Å². The molecular formula is C21H19ClN8O2. The number of halogens is 1. The van der Waals surface area contributed by atoms with Crippen LogP contribution in [0.4, 0.5) is 17.6 Å². The Morgan fingerprint density at radius 2 is 1.78 bits per heavy atom. The molecule has 11 heteroatoms. The molecule has 0 saturated heterocycles. The first-order valence-corrected chi connectivity index (χ1v) is 9.91. The largest absolute Gasteiger partial charge is 0.383 e. The minimum absolute atomic E-state index is 0.0371. The molecule has 0 unspecified atom stereocenters. The molecule has 4 aromatic rings. The summed E-state index contributed by atoms with van der Waals surface area (Å²) in [5.41, 5.74) is 17.5. The first-order chi connectivity index (χ1) is 15.3. The number of anilines is 3. The number of carbonyl (C=O) groups excluding carboxylic acids is 1. The lowest BCUT2D eigenvalue weighted by Gasteiger charge is -2.21. The maximum absolute atomic E-state index is 13.5. The summed E-state index contributed by atoms with van der Waals surface area (Å²) in [5, 5.41) is 3.63. The van der Waals surface area contributed by atoms with Crippen molar-refractivity contribution in [2.45, 2.75) is 13.0 Å². The number of aromatic nitrogens is 4. The second-order valence-corrected chi connectivity index (χ2v) is 7.41. The van der Waals surface area contributed by atoms with Gasteiger partial charge >= 0.3 is 0 Å². The molecule has 32 heavy (non-hydrogen) atoms. The molecule has 0 aliphatic heterocycles. The fraction of sp³-hybridized carbons (Fsp3) is 0.0952. The highest BCUT2D eigenvalue weighted by atomic mass is 35.5. The monoisotopic (exact) mass is 450 g/mol. The molecular weight excluding hydrogens is 432 g/mol. The Morgan fingerprint density at radius 1 is 1.06 bits per heavy atom. The topological polar surface area (TPSA) is 168 Å². The summed E-state index contributed by atoms with van der Waals surface area (Å²) < 4.78 is 1.45. The van der Waals surface area contributed by atoms with Crippen molar-refractivity contribution in [3.63, 3.8) is 0 Å². The minimum Gasteiger partial charge on any atom is -0.383 e. The molecule has 0 saturated carbocycles. The number of nitrogens with zero attached hydrogens (tertiary/aromatic N) is 4. The third-order valence-electron chi connectivity index (χ3n) is 4.83. The minimum atomic E-state index is -0.823. The van der Waals surface area contributed by atoms with E-state index < -0.39 is 11.9 Å². The molecule has 2 aromatic heterocycles. The Morgan fingerprint density at radius 3 is 2.47 bits per heavy atom. The Bertz CT molecular complexity index is 1400. The van der Waals surface area contributed by atoms with E-state index in [-0.39, 0.29) is 28.7 Å². The summed E-state index contributed by atoms with van der Waals surface area (Å²) in [7, 11) is 0. The van der Waals surface area contributed by atoms with Crippen LogP contribution in [0.3, 0.4) is 0 Å². The van der Waals surface area contributed by atoms with Crippen LogP contribution in [-0.4, -0.2) is 25.4 Å². The molecule has 0 radical (unpaired) electrons. The zero-order chi connectivity index (χ0) is 23.0. The highest BCUT2D eigenvalue weighted by Crippen LogP contribution is 2.26. The van der Waals surface area contributed by atoms with Gasteiger partial charge in [-0.25, -0.2) is 4.98 Å². The lowest BCUT2D eigenvalue weighted by atomic mass is 10.2. The van der Waals surface area contributed by atoms with E-state index in [1.54, 1.807) is 49.4 Å². The first kappa shape index (κ1) is 21.1. The molecule has 10 nitrogen and oxygen atoms in total. The van der Waals surface area contributed by atoms with Crippen molar-refractivity contribution in [1.29, 1.82) is 0 Å². The number of amides is 1. The Labute approximate surface area is 187 Å². The van der Waals surface area contributed by atoms with Gasteiger partial charge in [0.25, 0.3) is 11.5 Å². The number of carbonyl (C=O) groups is 1. The average Bonchev–Trinajstić information content (AvgIpc) is 2.73. The maximum atomic E-state index is 13.5. The number of nitrogen functional groups attached to an aromatic ring is 2. The van der Waals surface area contributed by atoms with Crippen molar-refractivity contribution in [2.75, 3.05) is 16.8 Å². The molecule has 1 atom stereocenters. The number of fused-ring (bicyclic) bond motifs is 1. The smallest absolute Gasteiger partial charge is 0.267 e. The van der Waals surface area contributed by atoms with E-state index in [0.717, 1.165) is 0 Å². The quantitative estimate of drug-likeness (QED) is 0.359. The molecule has 0 fully saturated rings. The summed E-state index contributed by atoms with van der Waals surface area (Å²) >= 11 is 6.31. The summed E-state index contributed by atoms with van der Waals surface area (Å²) in [4.78, 5) is 37.9. The predicted molar refractivity (Wildman–Crippen MR) is 124 cm³/mol. The van der Waals surface area contributed by atoms with Crippen molar-refractivity contribution in [3.8, 4) is 5.69 Å². The number of hydrogen-bond donors (Lipinski definition) is 4. The standard InChI is InChI=1S/C21H19ClN8O2/c1-10(26-18-15(17(24)31)16(23)28-21(25)29-18)19-27-13-9-5-8-12(22)14(13)20(32)30(19)11-6-3-2-4-7-11/h2-10H,1H3,(H2,24,31)(H5,23,25,26,28,29)/t10-/m0/s1. The fourth-order valence-electron chi connectivity index (χ4n) is 3.44. The zero-order valence-corrected chi connectivity index (χ0v) is 17.7. The second-order valence-electron chi connectivity index (χ2n) is 7.00. The summed E-state index contributed by atoms with van der Waals surface area (Å²) in [5.74, 6) is -0.729. The molecule has 0 spiro atoms. The van der Waals surface area contributed by atoms with Crippen LogP contribution in [0.2, 0.25) is 5.02 Å². The van der Waals surface area contributed by atoms with Gasteiger partial charge in [0.05, 0.1) is 27.7 Å². The molecule has 162 valence electrons. The summed E-state index contributed by atoms with van der Waals surface area (Å²) in [6.07, 6.45) is 0. The molecule has 0 aliphatic rings. The van der Waals surface area contributed by atoms with Gasteiger partial charge in [0, 0.05) is 0 Å². The van der Waals surface area contributed by atoms with Crippen LogP contribution in [0.15, 0.2) is 53.3 Å². The third-order valence-corrected chi connectivity index (χ3v) is 5.14. The van der Waals surface area contributed by atoms with Gasteiger partial charge in [-0.3, -0.25) is 14.2 Å². The van der Waals surface area contributed by atoms with Crippen LogP contribution in [-0.2, 0) is 0 Å². The van der Waals surface area contributed by atoms with Crippen molar-refractivity contribution >= 4 is 46.0 Å². The number of primary amides is 1. The van der Waals surface area contributed by atoms with E-state index in [0.29, 0.717) is 27.4 Å². The lowest BCUT2D eigenvalue weighted by molar-refractivity contribution is 0.100. The molecule has 2 aromatic carbocycles. The molecule has 2 heterocycles. The van der Waals surface area contributed by atoms with E-state index in [2.05, 4.69) is 20.3 Å². The van der Waals surface area contributed by atoms with Gasteiger partial charge in [0.15, 0.2) is 0 Å². The number of rotatable bonds is 5. The van der Waals surface area contributed by atoms with Gasteiger partial charge < -0.3 is 22.5 Å². The predicted octanol–water partition coefficient (Wildman–Crippen LogP) is 2.27. The second kappa shape index (κ2) is 8.16. The maximum Gasteiger partial charge on any atom is 0.267 e. The fourth-order valence-corrected chi connectivity index (χ4v) is 3.69. The highest BCUT2D eigenvalue weighted by molar-refractivity contribution is 6.35. The molecule has 7 N–H and O–H groups in total. The van der Waals surface area contributed by atoms with Gasteiger partial charge in [-0.2, -0.15) is 9.97 Å². The Hall–Kier alpha value is -4.18. The Kier molecular flexibility index (Phi) is 5.37. The van der Waals surface area contributed by atoms with Crippen molar-refractivity contribution < 1.29 is 4.79 Å².